The van der Waals surface area contributed by atoms with Crippen molar-refractivity contribution >= 4 is 11.3 Å². The quantitative estimate of drug-likeness (QED) is 0.802. The van der Waals surface area contributed by atoms with E-state index in [0.29, 0.717) is 12.0 Å². The van der Waals surface area contributed by atoms with E-state index in [1.165, 1.54) is 10.4 Å². The molecule has 2 atom stereocenters. The topological polar surface area (TPSA) is 32.3 Å². The number of aliphatic hydroxyl groups excluding tert-OH is 1. The van der Waals surface area contributed by atoms with Crippen molar-refractivity contribution in [1.82, 2.24) is 5.32 Å². The van der Waals surface area contributed by atoms with E-state index >= 15 is 0 Å². The van der Waals surface area contributed by atoms with E-state index in [0.717, 1.165) is 6.42 Å². The molecular weight excluding hydrogens is 218 g/mol. The third-order valence-electron chi connectivity index (χ3n) is 2.76. The van der Waals surface area contributed by atoms with Gasteiger partial charge in [0.1, 0.15) is 0 Å². The van der Waals surface area contributed by atoms with Crippen LogP contribution in [-0.4, -0.2) is 17.8 Å². The summed E-state index contributed by atoms with van der Waals surface area (Å²) in [4.78, 5) is 1.38. The van der Waals surface area contributed by atoms with E-state index < -0.39 is 0 Å². The molecule has 0 bridgehead atoms. The van der Waals surface area contributed by atoms with Crippen LogP contribution in [0.2, 0.25) is 0 Å². The standard InChI is InChI=1S/C13H23NOS/c1-9(2)7-12(8-15)14-11(4)13-10(3)5-6-16-13/h5-6,9,11-12,14-15H,7-8H2,1-4H3. The van der Waals surface area contributed by atoms with Crippen LogP contribution in [0, 0.1) is 12.8 Å². The molecule has 0 aliphatic rings. The van der Waals surface area contributed by atoms with Gasteiger partial charge < -0.3 is 10.4 Å². The summed E-state index contributed by atoms with van der Waals surface area (Å²) in [6.07, 6.45) is 1.02. The average molecular weight is 241 g/mol. The van der Waals surface area contributed by atoms with Crippen LogP contribution in [0.5, 0.6) is 0 Å². The lowest BCUT2D eigenvalue weighted by Crippen LogP contribution is -2.35. The lowest BCUT2D eigenvalue weighted by atomic mass is 10.0. The van der Waals surface area contributed by atoms with E-state index in [-0.39, 0.29) is 12.6 Å². The molecule has 1 aromatic heterocycles. The third kappa shape index (κ3) is 3.89. The fourth-order valence-electron chi connectivity index (χ4n) is 2.02. The number of aliphatic hydroxyl groups is 1. The molecule has 2 unspecified atom stereocenters. The second kappa shape index (κ2) is 6.38. The van der Waals surface area contributed by atoms with Gasteiger partial charge in [0, 0.05) is 17.0 Å². The molecule has 0 aromatic carbocycles. The van der Waals surface area contributed by atoms with Gasteiger partial charge in [-0.05, 0) is 43.2 Å². The first-order valence-corrected chi connectivity index (χ1v) is 6.83. The predicted octanol–water partition coefficient (Wildman–Crippen LogP) is 3.11. The maximum Gasteiger partial charge on any atom is 0.0584 e. The van der Waals surface area contributed by atoms with Crippen LogP contribution in [-0.2, 0) is 0 Å². The van der Waals surface area contributed by atoms with Gasteiger partial charge in [-0.15, -0.1) is 11.3 Å². The lowest BCUT2D eigenvalue weighted by molar-refractivity contribution is 0.215. The van der Waals surface area contributed by atoms with Crippen molar-refractivity contribution in [2.45, 2.75) is 46.2 Å². The summed E-state index contributed by atoms with van der Waals surface area (Å²) >= 11 is 1.78. The molecule has 0 saturated carbocycles. The minimum Gasteiger partial charge on any atom is -0.395 e. The van der Waals surface area contributed by atoms with Crippen molar-refractivity contribution in [1.29, 1.82) is 0 Å². The van der Waals surface area contributed by atoms with Crippen molar-refractivity contribution < 1.29 is 5.11 Å². The normalized spacial score (nSPS) is 15.4. The zero-order valence-electron chi connectivity index (χ0n) is 10.7. The molecule has 1 rings (SSSR count). The van der Waals surface area contributed by atoms with Crippen LogP contribution >= 0.6 is 11.3 Å². The van der Waals surface area contributed by atoms with Gasteiger partial charge in [-0.3, -0.25) is 0 Å². The molecule has 0 spiro atoms. The second-order valence-electron chi connectivity index (χ2n) is 4.87. The first-order chi connectivity index (χ1) is 7.54. The van der Waals surface area contributed by atoms with Crippen molar-refractivity contribution in [2.24, 2.45) is 5.92 Å². The first kappa shape index (κ1) is 13.7. The van der Waals surface area contributed by atoms with E-state index in [2.05, 4.69) is 44.5 Å². The van der Waals surface area contributed by atoms with Crippen LogP contribution in [0.25, 0.3) is 0 Å². The Bertz CT molecular complexity index is 309. The van der Waals surface area contributed by atoms with Gasteiger partial charge in [0.15, 0.2) is 0 Å². The minimum absolute atomic E-state index is 0.205. The molecule has 3 heteroatoms. The van der Waals surface area contributed by atoms with Gasteiger partial charge >= 0.3 is 0 Å². The molecule has 1 aromatic rings. The Kier molecular flexibility index (Phi) is 5.46. The number of hydrogen-bond acceptors (Lipinski definition) is 3. The summed E-state index contributed by atoms with van der Waals surface area (Å²) < 4.78 is 0. The Morgan fingerprint density at radius 2 is 2.06 bits per heavy atom. The summed E-state index contributed by atoms with van der Waals surface area (Å²) in [6.45, 7) is 8.89. The monoisotopic (exact) mass is 241 g/mol. The molecule has 16 heavy (non-hydrogen) atoms. The van der Waals surface area contributed by atoms with Gasteiger partial charge in [0.2, 0.25) is 0 Å². The number of rotatable bonds is 6. The summed E-state index contributed by atoms with van der Waals surface area (Å²) in [5.41, 5.74) is 1.34. The van der Waals surface area contributed by atoms with Gasteiger partial charge in [-0.25, -0.2) is 0 Å². The Hall–Kier alpha value is -0.380. The van der Waals surface area contributed by atoms with Crippen LogP contribution < -0.4 is 5.32 Å². The molecule has 1 heterocycles. The SMILES string of the molecule is Cc1ccsc1C(C)NC(CO)CC(C)C. The van der Waals surface area contributed by atoms with E-state index in [9.17, 15) is 5.11 Å². The lowest BCUT2D eigenvalue weighted by Gasteiger charge is -2.23. The van der Waals surface area contributed by atoms with Gasteiger partial charge in [-0.1, -0.05) is 13.8 Å². The smallest absolute Gasteiger partial charge is 0.0584 e. The van der Waals surface area contributed by atoms with Crippen molar-refractivity contribution in [2.75, 3.05) is 6.61 Å². The Labute approximate surface area is 103 Å². The third-order valence-corrected chi connectivity index (χ3v) is 3.96. The maximum absolute atomic E-state index is 9.33. The molecular formula is C13H23NOS. The highest BCUT2D eigenvalue weighted by molar-refractivity contribution is 7.10. The van der Waals surface area contributed by atoms with Gasteiger partial charge in [0.25, 0.3) is 0 Å². The molecule has 0 saturated heterocycles. The molecule has 0 aliphatic carbocycles. The predicted molar refractivity (Wildman–Crippen MR) is 70.9 cm³/mol. The Morgan fingerprint density at radius 3 is 2.50 bits per heavy atom. The highest BCUT2D eigenvalue weighted by Crippen LogP contribution is 2.24. The number of aryl methyl sites for hydroxylation is 1. The van der Waals surface area contributed by atoms with Gasteiger partial charge in [-0.2, -0.15) is 0 Å². The zero-order valence-corrected chi connectivity index (χ0v) is 11.5. The van der Waals surface area contributed by atoms with Crippen molar-refractivity contribution in [3.8, 4) is 0 Å². The molecule has 0 fully saturated rings. The Morgan fingerprint density at radius 1 is 1.38 bits per heavy atom. The molecule has 2 N–H and O–H groups in total. The zero-order chi connectivity index (χ0) is 12.1. The minimum atomic E-state index is 0.205. The van der Waals surface area contributed by atoms with Gasteiger partial charge in [0.05, 0.1) is 6.61 Å². The summed E-state index contributed by atoms with van der Waals surface area (Å²) in [5.74, 6) is 0.612. The number of hydrogen-bond donors (Lipinski definition) is 2. The largest absolute Gasteiger partial charge is 0.395 e. The molecule has 2 nitrogen and oxygen atoms in total. The average Bonchev–Trinajstić information content (AvgIpc) is 2.62. The fourth-order valence-corrected chi connectivity index (χ4v) is 2.97. The number of nitrogens with one attached hydrogen (secondary N) is 1. The van der Waals surface area contributed by atoms with E-state index in [4.69, 9.17) is 0 Å². The van der Waals surface area contributed by atoms with Crippen LogP contribution in [0.3, 0.4) is 0 Å². The highest BCUT2D eigenvalue weighted by atomic mass is 32.1. The number of thiophene rings is 1. The van der Waals surface area contributed by atoms with Crippen LogP contribution in [0.1, 0.15) is 43.7 Å². The second-order valence-corrected chi connectivity index (χ2v) is 5.81. The Balaban J connectivity index is 2.55. The summed E-state index contributed by atoms with van der Waals surface area (Å²) in [6, 6.07) is 2.68. The molecule has 0 radical (unpaired) electrons. The first-order valence-electron chi connectivity index (χ1n) is 5.95. The molecule has 0 aliphatic heterocycles. The van der Waals surface area contributed by atoms with E-state index in [1.54, 1.807) is 11.3 Å². The highest BCUT2D eigenvalue weighted by Gasteiger charge is 2.15. The molecule has 92 valence electrons. The fraction of sp³-hybridized carbons (Fsp3) is 0.692. The van der Waals surface area contributed by atoms with E-state index in [1.807, 2.05) is 0 Å². The summed E-state index contributed by atoms with van der Waals surface area (Å²) in [5, 5.41) is 15.0. The molecule has 0 amide bonds. The van der Waals surface area contributed by atoms with Crippen LogP contribution in [0.15, 0.2) is 11.4 Å². The van der Waals surface area contributed by atoms with Crippen molar-refractivity contribution in [3.63, 3.8) is 0 Å². The maximum atomic E-state index is 9.33. The summed E-state index contributed by atoms with van der Waals surface area (Å²) in [7, 11) is 0. The van der Waals surface area contributed by atoms with Crippen molar-refractivity contribution in [3.05, 3.63) is 21.9 Å². The van der Waals surface area contributed by atoms with Crippen LogP contribution in [0.4, 0.5) is 0 Å².